The number of aryl methyl sites for hydroxylation is 1. The minimum atomic E-state index is -0.736. The maximum atomic E-state index is 13.1. The number of para-hydroxylation sites is 1. The molecule has 0 radical (unpaired) electrons. The predicted octanol–water partition coefficient (Wildman–Crippen LogP) is 4.89. The summed E-state index contributed by atoms with van der Waals surface area (Å²) in [6.07, 6.45) is -0.644. The number of ether oxygens (including phenoxy) is 2. The molecule has 1 aromatic heterocycles. The zero-order chi connectivity index (χ0) is 20.6. The Labute approximate surface area is 163 Å². The molecule has 0 saturated carbocycles. The summed E-state index contributed by atoms with van der Waals surface area (Å²) >= 11 is 0. The lowest BCUT2D eigenvalue weighted by atomic mass is 10.0. The Balaban J connectivity index is 2.45. The number of hydrogen-bond donors (Lipinski definition) is 1. The van der Waals surface area contributed by atoms with Gasteiger partial charge in [0.25, 0.3) is 0 Å². The Morgan fingerprint density at radius 3 is 2.39 bits per heavy atom. The fourth-order valence-electron chi connectivity index (χ4n) is 3.14. The van der Waals surface area contributed by atoms with E-state index >= 15 is 0 Å². The first-order chi connectivity index (χ1) is 13.1. The summed E-state index contributed by atoms with van der Waals surface area (Å²) in [7, 11) is 1.28. The Kier molecular flexibility index (Phi) is 4.89. The van der Waals surface area contributed by atoms with Crippen LogP contribution in [-0.2, 0) is 9.47 Å². The Bertz CT molecular complexity index is 1070. The molecule has 1 heterocycles. The molecular formula is C22H23NO5. The molecule has 2 aromatic carbocycles. The number of phenols is 1. The molecule has 0 bridgehead atoms. The largest absolute Gasteiger partial charge is 0.507 e. The van der Waals surface area contributed by atoms with Crippen molar-refractivity contribution in [3.63, 3.8) is 0 Å². The number of aromatic nitrogens is 1. The van der Waals surface area contributed by atoms with Crippen LogP contribution < -0.4 is 0 Å². The number of aromatic hydroxyl groups is 1. The number of esters is 1. The average molecular weight is 381 g/mol. The van der Waals surface area contributed by atoms with Crippen molar-refractivity contribution in [2.24, 2.45) is 0 Å². The number of nitrogens with zero attached hydrogens (tertiary/aromatic N) is 1. The molecule has 6 heteroatoms. The van der Waals surface area contributed by atoms with Gasteiger partial charge in [-0.1, -0.05) is 29.8 Å². The highest BCUT2D eigenvalue weighted by atomic mass is 16.6. The number of methoxy groups -OCH3 is 1. The molecule has 6 nitrogen and oxygen atoms in total. The number of hydrogen-bond acceptors (Lipinski definition) is 5. The summed E-state index contributed by atoms with van der Waals surface area (Å²) in [5.74, 6) is -0.655. The van der Waals surface area contributed by atoms with Crippen LogP contribution in [0.3, 0.4) is 0 Å². The topological polar surface area (TPSA) is 77.8 Å². The maximum absolute atomic E-state index is 13.1. The van der Waals surface area contributed by atoms with Crippen molar-refractivity contribution in [3.8, 4) is 17.0 Å². The first-order valence-corrected chi connectivity index (χ1v) is 8.89. The minimum absolute atomic E-state index is 0.0524. The third kappa shape index (κ3) is 3.45. The highest BCUT2D eigenvalue weighted by Crippen LogP contribution is 2.39. The van der Waals surface area contributed by atoms with Crippen LogP contribution in [-0.4, -0.2) is 34.4 Å². The van der Waals surface area contributed by atoms with Crippen molar-refractivity contribution in [1.29, 1.82) is 0 Å². The van der Waals surface area contributed by atoms with E-state index in [0.29, 0.717) is 16.5 Å². The average Bonchev–Trinajstić information content (AvgIpc) is 2.96. The van der Waals surface area contributed by atoms with Crippen molar-refractivity contribution >= 4 is 23.0 Å². The third-order valence-electron chi connectivity index (χ3n) is 4.25. The Hall–Kier alpha value is -3.28. The van der Waals surface area contributed by atoms with Crippen LogP contribution in [0.15, 0.2) is 42.5 Å². The SMILES string of the molecule is COC(=O)c1c(-c2cc(C)ccc2O)n(C(=O)OC(C)(C)C)c2ccccc12. The number of phenolic OH excluding ortho intramolecular Hbond substituents is 1. The second kappa shape index (κ2) is 7.03. The van der Waals surface area contributed by atoms with Gasteiger partial charge in [0, 0.05) is 10.9 Å². The van der Waals surface area contributed by atoms with Crippen LogP contribution in [0, 0.1) is 6.92 Å². The van der Waals surface area contributed by atoms with E-state index in [-0.39, 0.29) is 17.0 Å². The summed E-state index contributed by atoms with van der Waals surface area (Å²) in [5.41, 5.74) is 1.41. The second-order valence-electron chi connectivity index (χ2n) is 7.57. The zero-order valence-corrected chi connectivity index (χ0v) is 16.6. The Morgan fingerprint density at radius 2 is 1.75 bits per heavy atom. The standard InChI is InChI=1S/C22H23NO5/c1-13-10-11-17(24)15(12-13)19-18(20(25)27-5)14-8-6-7-9-16(14)23(19)21(26)28-22(2,3)4/h6-12,24H,1-5H3. The molecule has 0 amide bonds. The first-order valence-electron chi connectivity index (χ1n) is 8.89. The van der Waals surface area contributed by atoms with Crippen molar-refractivity contribution in [2.75, 3.05) is 7.11 Å². The molecule has 146 valence electrons. The van der Waals surface area contributed by atoms with E-state index in [1.54, 1.807) is 57.2 Å². The van der Waals surface area contributed by atoms with Crippen LogP contribution in [0.4, 0.5) is 4.79 Å². The summed E-state index contributed by atoms with van der Waals surface area (Å²) in [6, 6.07) is 12.0. The Morgan fingerprint density at radius 1 is 1.07 bits per heavy atom. The number of rotatable bonds is 2. The first kappa shape index (κ1) is 19.5. The number of carbonyl (C=O) groups is 2. The lowest BCUT2D eigenvalue weighted by Crippen LogP contribution is -2.27. The van der Waals surface area contributed by atoms with Gasteiger partial charge in [-0.05, 0) is 45.9 Å². The van der Waals surface area contributed by atoms with Gasteiger partial charge in [0.1, 0.15) is 11.4 Å². The van der Waals surface area contributed by atoms with Crippen LogP contribution in [0.25, 0.3) is 22.2 Å². The van der Waals surface area contributed by atoms with Gasteiger partial charge in [-0.2, -0.15) is 0 Å². The molecule has 0 aliphatic heterocycles. The minimum Gasteiger partial charge on any atom is -0.507 e. The van der Waals surface area contributed by atoms with Crippen LogP contribution in [0.5, 0.6) is 5.75 Å². The number of benzene rings is 2. The van der Waals surface area contributed by atoms with Crippen LogP contribution in [0.1, 0.15) is 36.7 Å². The predicted molar refractivity (Wildman–Crippen MR) is 107 cm³/mol. The van der Waals surface area contributed by atoms with Crippen LogP contribution in [0.2, 0.25) is 0 Å². The fraction of sp³-hybridized carbons (Fsp3) is 0.273. The van der Waals surface area contributed by atoms with E-state index in [1.165, 1.54) is 17.7 Å². The normalized spacial score (nSPS) is 11.5. The molecule has 0 fully saturated rings. The van der Waals surface area contributed by atoms with Gasteiger partial charge < -0.3 is 14.6 Å². The molecule has 3 rings (SSSR count). The molecule has 0 atom stereocenters. The van der Waals surface area contributed by atoms with Gasteiger partial charge in [-0.25, -0.2) is 14.2 Å². The smallest absolute Gasteiger partial charge is 0.419 e. The molecule has 0 aliphatic carbocycles. The van der Waals surface area contributed by atoms with E-state index in [1.807, 2.05) is 6.92 Å². The van der Waals surface area contributed by atoms with E-state index < -0.39 is 17.7 Å². The monoisotopic (exact) mass is 381 g/mol. The van der Waals surface area contributed by atoms with Gasteiger partial charge in [0.15, 0.2) is 0 Å². The summed E-state index contributed by atoms with van der Waals surface area (Å²) < 4.78 is 11.9. The molecule has 1 N–H and O–H groups in total. The molecule has 3 aromatic rings. The molecular weight excluding hydrogens is 358 g/mol. The highest BCUT2D eigenvalue weighted by Gasteiger charge is 2.30. The maximum Gasteiger partial charge on any atom is 0.419 e. The van der Waals surface area contributed by atoms with E-state index in [9.17, 15) is 14.7 Å². The van der Waals surface area contributed by atoms with Gasteiger partial charge in [0.05, 0.1) is 23.9 Å². The van der Waals surface area contributed by atoms with Gasteiger partial charge in [-0.15, -0.1) is 0 Å². The lowest BCUT2D eigenvalue weighted by Gasteiger charge is -2.21. The van der Waals surface area contributed by atoms with Gasteiger partial charge in [0.2, 0.25) is 0 Å². The highest BCUT2D eigenvalue weighted by molar-refractivity contribution is 6.13. The quantitative estimate of drug-likeness (QED) is 0.639. The van der Waals surface area contributed by atoms with Gasteiger partial charge in [-0.3, -0.25) is 0 Å². The van der Waals surface area contributed by atoms with Crippen molar-refractivity contribution < 1.29 is 24.2 Å². The molecule has 0 unspecified atom stereocenters. The summed E-state index contributed by atoms with van der Waals surface area (Å²) in [5, 5.41) is 11.1. The number of carbonyl (C=O) groups excluding carboxylic acids is 2. The summed E-state index contributed by atoms with van der Waals surface area (Å²) in [6.45, 7) is 7.16. The van der Waals surface area contributed by atoms with Crippen LogP contribution >= 0.6 is 0 Å². The van der Waals surface area contributed by atoms with E-state index in [0.717, 1.165) is 5.56 Å². The molecule has 28 heavy (non-hydrogen) atoms. The van der Waals surface area contributed by atoms with E-state index in [2.05, 4.69) is 0 Å². The molecule has 0 aliphatic rings. The lowest BCUT2D eigenvalue weighted by molar-refractivity contribution is 0.0547. The zero-order valence-electron chi connectivity index (χ0n) is 16.6. The molecule has 0 spiro atoms. The third-order valence-corrected chi connectivity index (χ3v) is 4.25. The second-order valence-corrected chi connectivity index (χ2v) is 7.57. The van der Waals surface area contributed by atoms with Crippen molar-refractivity contribution in [2.45, 2.75) is 33.3 Å². The number of fused-ring (bicyclic) bond motifs is 1. The molecule has 0 saturated heterocycles. The van der Waals surface area contributed by atoms with Gasteiger partial charge >= 0.3 is 12.1 Å². The summed E-state index contributed by atoms with van der Waals surface area (Å²) in [4.78, 5) is 25.8. The fourth-order valence-corrected chi connectivity index (χ4v) is 3.14. The van der Waals surface area contributed by atoms with Crippen molar-refractivity contribution in [1.82, 2.24) is 4.57 Å². The van der Waals surface area contributed by atoms with Crippen molar-refractivity contribution in [3.05, 3.63) is 53.6 Å². The van der Waals surface area contributed by atoms with E-state index in [4.69, 9.17) is 9.47 Å².